The number of ether oxygens (including phenoxy) is 1. The molecule has 0 saturated carbocycles. The van der Waals surface area contributed by atoms with E-state index in [1.165, 1.54) is 16.0 Å². The van der Waals surface area contributed by atoms with Crippen LogP contribution in [0, 0.1) is 6.92 Å². The number of H-pyrrole nitrogens is 1. The Kier molecular flexibility index (Phi) is 6.96. The lowest BCUT2D eigenvalue weighted by atomic mass is 10.1. The molecule has 0 saturated heterocycles. The van der Waals surface area contributed by atoms with Gasteiger partial charge in [-0.25, -0.2) is 4.98 Å². The predicted molar refractivity (Wildman–Crippen MR) is 145 cm³/mol. The third-order valence-electron chi connectivity index (χ3n) is 5.79. The summed E-state index contributed by atoms with van der Waals surface area (Å²) in [5, 5.41) is 9.55. The van der Waals surface area contributed by atoms with E-state index in [2.05, 4.69) is 20.4 Å². The van der Waals surface area contributed by atoms with Crippen LogP contribution in [-0.2, 0) is 6.42 Å². The van der Waals surface area contributed by atoms with Crippen molar-refractivity contribution in [3.05, 3.63) is 111 Å². The van der Waals surface area contributed by atoms with Crippen molar-refractivity contribution in [3.8, 4) is 22.3 Å². The molecule has 0 fully saturated rings. The Bertz CT molecular complexity index is 1590. The van der Waals surface area contributed by atoms with Gasteiger partial charge in [-0.2, -0.15) is 9.78 Å². The van der Waals surface area contributed by atoms with Crippen LogP contribution in [0.15, 0.2) is 83.0 Å². The number of hydrogen-bond donors (Lipinski definition) is 2. The fourth-order valence-corrected chi connectivity index (χ4v) is 4.68. The third-order valence-corrected chi connectivity index (χ3v) is 6.68. The Morgan fingerprint density at radius 3 is 2.59 bits per heavy atom. The highest BCUT2D eigenvalue weighted by atomic mass is 32.1. The molecule has 0 unspecified atom stereocenters. The van der Waals surface area contributed by atoms with Crippen molar-refractivity contribution in [2.75, 3.05) is 11.9 Å². The standard InChI is InChI=1S/C28H25N5O3S/c1-3-36-23-13-8-7-12-20(23)26(34)30-25-17-22(24-14-9-15-37-24)32-33(25)28-29-18(2)21(27(35)31-28)16-19-10-5-4-6-11-19/h4-15,17H,3,16H2,1-2H3,(H,30,34)(H,29,31,35). The summed E-state index contributed by atoms with van der Waals surface area (Å²) in [7, 11) is 0. The minimum atomic E-state index is -0.359. The summed E-state index contributed by atoms with van der Waals surface area (Å²) in [5.74, 6) is 0.718. The van der Waals surface area contributed by atoms with Gasteiger partial charge in [-0.1, -0.05) is 48.5 Å². The highest BCUT2D eigenvalue weighted by molar-refractivity contribution is 7.13. The normalized spacial score (nSPS) is 10.9. The maximum atomic E-state index is 13.3. The van der Waals surface area contributed by atoms with Crippen LogP contribution in [-0.4, -0.2) is 32.3 Å². The summed E-state index contributed by atoms with van der Waals surface area (Å²) in [6.45, 7) is 4.10. The number of thiophene rings is 1. The summed E-state index contributed by atoms with van der Waals surface area (Å²) in [6.07, 6.45) is 0.465. The number of amides is 1. The number of nitrogens with one attached hydrogen (secondary N) is 2. The number of benzene rings is 2. The van der Waals surface area contributed by atoms with Crippen molar-refractivity contribution >= 4 is 23.1 Å². The molecule has 5 aromatic rings. The molecule has 186 valence electrons. The van der Waals surface area contributed by atoms with Gasteiger partial charge in [-0.15, -0.1) is 11.3 Å². The second kappa shape index (κ2) is 10.6. The SMILES string of the molecule is CCOc1ccccc1C(=O)Nc1cc(-c2cccs2)nn1-c1nc(C)c(Cc2ccccc2)c(=O)[nH]1. The number of anilines is 1. The second-order valence-electron chi connectivity index (χ2n) is 8.30. The van der Waals surface area contributed by atoms with Gasteiger partial charge in [0.1, 0.15) is 17.3 Å². The highest BCUT2D eigenvalue weighted by Crippen LogP contribution is 2.28. The van der Waals surface area contributed by atoms with E-state index in [-0.39, 0.29) is 17.4 Å². The van der Waals surface area contributed by atoms with E-state index in [0.717, 1.165) is 10.4 Å². The molecule has 0 aliphatic rings. The molecule has 2 N–H and O–H groups in total. The molecule has 1 amide bonds. The van der Waals surface area contributed by atoms with E-state index in [4.69, 9.17) is 4.74 Å². The van der Waals surface area contributed by atoms with E-state index >= 15 is 0 Å². The molecule has 0 atom stereocenters. The van der Waals surface area contributed by atoms with E-state index < -0.39 is 0 Å². The van der Waals surface area contributed by atoms with Crippen molar-refractivity contribution in [1.82, 2.24) is 19.7 Å². The minimum absolute atomic E-state index is 0.218. The first-order valence-corrected chi connectivity index (χ1v) is 12.7. The molecule has 37 heavy (non-hydrogen) atoms. The Hall–Kier alpha value is -4.50. The second-order valence-corrected chi connectivity index (χ2v) is 9.25. The van der Waals surface area contributed by atoms with Gasteiger partial charge in [0.05, 0.1) is 22.7 Å². The average Bonchev–Trinajstić information content (AvgIpc) is 3.58. The molecule has 8 nitrogen and oxygen atoms in total. The Morgan fingerprint density at radius 2 is 1.86 bits per heavy atom. The number of nitrogens with zero attached hydrogens (tertiary/aromatic N) is 3. The predicted octanol–water partition coefficient (Wildman–Crippen LogP) is 5.23. The van der Waals surface area contributed by atoms with Gasteiger partial charge in [-0.05, 0) is 43.0 Å². The molecule has 0 radical (unpaired) electrons. The first-order valence-electron chi connectivity index (χ1n) is 11.8. The minimum Gasteiger partial charge on any atom is -0.493 e. The molecule has 0 aliphatic carbocycles. The monoisotopic (exact) mass is 511 g/mol. The van der Waals surface area contributed by atoms with Gasteiger partial charge in [0, 0.05) is 18.1 Å². The summed E-state index contributed by atoms with van der Waals surface area (Å²) in [5.41, 5.74) is 2.98. The zero-order valence-corrected chi connectivity index (χ0v) is 21.2. The van der Waals surface area contributed by atoms with Crippen molar-refractivity contribution in [3.63, 3.8) is 0 Å². The van der Waals surface area contributed by atoms with E-state index in [1.807, 2.05) is 60.8 Å². The zero-order chi connectivity index (χ0) is 25.8. The lowest BCUT2D eigenvalue weighted by Crippen LogP contribution is -2.22. The van der Waals surface area contributed by atoms with Crippen molar-refractivity contribution in [2.24, 2.45) is 0 Å². The van der Waals surface area contributed by atoms with Crippen LogP contribution in [0.4, 0.5) is 5.82 Å². The molecular formula is C28H25N5O3S. The van der Waals surface area contributed by atoms with Gasteiger partial charge < -0.3 is 10.1 Å². The Balaban J connectivity index is 1.54. The maximum absolute atomic E-state index is 13.3. The lowest BCUT2D eigenvalue weighted by Gasteiger charge is -2.12. The number of aromatic amines is 1. The number of carbonyl (C=O) groups excluding carboxylic acids is 1. The number of aromatic nitrogens is 4. The van der Waals surface area contributed by atoms with Crippen molar-refractivity contribution in [1.29, 1.82) is 0 Å². The smallest absolute Gasteiger partial charge is 0.260 e. The maximum Gasteiger partial charge on any atom is 0.260 e. The van der Waals surface area contributed by atoms with Crippen LogP contribution in [0.5, 0.6) is 5.75 Å². The van der Waals surface area contributed by atoms with Crippen LogP contribution in [0.25, 0.3) is 16.5 Å². The number of aryl methyl sites for hydroxylation is 1. The van der Waals surface area contributed by atoms with Crippen LogP contribution in [0.2, 0.25) is 0 Å². The van der Waals surface area contributed by atoms with Crippen LogP contribution >= 0.6 is 11.3 Å². The first-order chi connectivity index (χ1) is 18.0. The van der Waals surface area contributed by atoms with Gasteiger partial charge in [0.15, 0.2) is 0 Å². The van der Waals surface area contributed by atoms with Crippen LogP contribution in [0.1, 0.15) is 34.1 Å². The van der Waals surface area contributed by atoms with Crippen molar-refractivity contribution in [2.45, 2.75) is 20.3 Å². The molecular weight excluding hydrogens is 486 g/mol. The van der Waals surface area contributed by atoms with Crippen molar-refractivity contribution < 1.29 is 9.53 Å². The van der Waals surface area contributed by atoms with Gasteiger partial charge in [0.2, 0.25) is 5.95 Å². The summed E-state index contributed by atoms with van der Waals surface area (Å²) in [4.78, 5) is 34.8. The molecule has 5 rings (SSSR count). The molecule has 2 aromatic carbocycles. The largest absolute Gasteiger partial charge is 0.493 e. The number of rotatable bonds is 8. The molecule has 0 bridgehead atoms. The first kappa shape index (κ1) is 24.2. The van der Waals surface area contributed by atoms with E-state index in [1.54, 1.807) is 31.2 Å². The zero-order valence-electron chi connectivity index (χ0n) is 20.4. The van der Waals surface area contributed by atoms with E-state index in [9.17, 15) is 9.59 Å². The molecule has 3 aromatic heterocycles. The summed E-state index contributed by atoms with van der Waals surface area (Å²) >= 11 is 1.53. The fourth-order valence-electron chi connectivity index (χ4n) is 4.00. The lowest BCUT2D eigenvalue weighted by molar-refractivity contribution is 0.102. The summed E-state index contributed by atoms with van der Waals surface area (Å²) in [6, 6.07) is 22.4. The number of para-hydroxylation sites is 1. The third kappa shape index (κ3) is 5.22. The molecule has 0 spiro atoms. The van der Waals surface area contributed by atoms with Gasteiger partial charge in [0.25, 0.3) is 11.5 Å². The number of carbonyl (C=O) groups is 1. The Labute approximate surface area is 217 Å². The average molecular weight is 512 g/mol. The molecule has 0 aliphatic heterocycles. The van der Waals surface area contributed by atoms with E-state index in [0.29, 0.717) is 47.1 Å². The van der Waals surface area contributed by atoms with Crippen LogP contribution in [0.3, 0.4) is 0 Å². The molecule has 9 heteroatoms. The quantitative estimate of drug-likeness (QED) is 0.297. The Morgan fingerprint density at radius 1 is 1.08 bits per heavy atom. The number of hydrogen-bond acceptors (Lipinski definition) is 6. The van der Waals surface area contributed by atoms with Gasteiger partial charge >= 0.3 is 0 Å². The van der Waals surface area contributed by atoms with Gasteiger partial charge in [-0.3, -0.25) is 14.6 Å². The highest BCUT2D eigenvalue weighted by Gasteiger charge is 2.20. The fraction of sp³-hybridized carbons (Fsp3) is 0.143. The van der Waals surface area contributed by atoms with Crippen LogP contribution < -0.4 is 15.6 Å². The molecule has 3 heterocycles. The summed E-state index contributed by atoms with van der Waals surface area (Å²) < 4.78 is 7.08. The topological polar surface area (TPSA) is 102 Å².